The minimum absolute atomic E-state index is 0.113. The van der Waals surface area contributed by atoms with Gasteiger partial charge in [0, 0.05) is 10.5 Å². The summed E-state index contributed by atoms with van der Waals surface area (Å²) in [5.41, 5.74) is 0.616. The van der Waals surface area contributed by atoms with Crippen molar-refractivity contribution >= 4 is 23.5 Å². The highest BCUT2D eigenvalue weighted by molar-refractivity contribution is 7.98. The number of aromatic carboxylic acids is 1. The highest BCUT2D eigenvalue weighted by Gasteiger charge is 2.10. The first-order valence-corrected chi connectivity index (χ1v) is 5.21. The van der Waals surface area contributed by atoms with E-state index < -0.39 is 5.97 Å². The number of rotatable bonds is 3. The quantitative estimate of drug-likeness (QED) is 0.614. The van der Waals surface area contributed by atoms with E-state index in [0.717, 1.165) is 4.90 Å². The van der Waals surface area contributed by atoms with Crippen LogP contribution in [0.3, 0.4) is 0 Å². The number of carbonyl (C=O) groups is 2. The molecule has 0 fully saturated rings. The van der Waals surface area contributed by atoms with Gasteiger partial charge in [-0.05, 0) is 31.4 Å². The van der Waals surface area contributed by atoms with Gasteiger partial charge < -0.3 is 5.11 Å². The van der Waals surface area contributed by atoms with Crippen LogP contribution >= 0.6 is 11.8 Å². The molecule has 14 heavy (non-hydrogen) atoms. The lowest BCUT2D eigenvalue weighted by Gasteiger charge is -2.04. The second kappa shape index (κ2) is 4.28. The summed E-state index contributed by atoms with van der Waals surface area (Å²) >= 11 is 1.43. The van der Waals surface area contributed by atoms with Crippen LogP contribution in [0.4, 0.5) is 0 Å². The van der Waals surface area contributed by atoms with Crippen molar-refractivity contribution in [2.45, 2.75) is 11.8 Å². The molecule has 0 amide bonds. The lowest BCUT2D eigenvalue weighted by atomic mass is 10.1. The molecule has 0 radical (unpaired) electrons. The van der Waals surface area contributed by atoms with Crippen LogP contribution in [0.25, 0.3) is 0 Å². The Morgan fingerprint density at radius 1 is 1.36 bits per heavy atom. The van der Waals surface area contributed by atoms with Gasteiger partial charge in [0.15, 0.2) is 5.78 Å². The standard InChI is InChI=1S/C10H10O3S/c1-6(11)8-5-7(10(12)13)3-4-9(8)14-2/h3-5H,1-2H3,(H,12,13). The van der Waals surface area contributed by atoms with Gasteiger partial charge in [0.2, 0.25) is 0 Å². The lowest BCUT2D eigenvalue weighted by Crippen LogP contribution is -2.01. The van der Waals surface area contributed by atoms with E-state index in [-0.39, 0.29) is 11.3 Å². The van der Waals surface area contributed by atoms with Crippen LogP contribution < -0.4 is 0 Å². The first-order chi connectivity index (χ1) is 6.56. The minimum Gasteiger partial charge on any atom is -0.478 e. The van der Waals surface area contributed by atoms with Crippen LogP contribution in [0.1, 0.15) is 27.6 Å². The Hall–Kier alpha value is -1.29. The van der Waals surface area contributed by atoms with Crippen molar-refractivity contribution in [1.29, 1.82) is 0 Å². The van der Waals surface area contributed by atoms with E-state index >= 15 is 0 Å². The molecular formula is C10H10O3S. The molecule has 0 saturated carbocycles. The number of carbonyl (C=O) groups excluding carboxylic acids is 1. The van der Waals surface area contributed by atoms with Crippen molar-refractivity contribution in [2.75, 3.05) is 6.26 Å². The van der Waals surface area contributed by atoms with Gasteiger partial charge in [-0.2, -0.15) is 0 Å². The van der Waals surface area contributed by atoms with Gasteiger partial charge in [-0.25, -0.2) is 4.79 Å². The molecule has 0 spiro atoms. The summed E-state index contributed by atoms with van der Waals surface area (Å²) in [7, 11) is 0. The van der Waals surface area contributed by atoms with E-state index in [1.54, 1.807) is 6.07 Å². The molecule has 1 rings (SSSR count). The highest BCUT2D eigenvalue weighted by atomic mass is 32.2. The van der Waals surface area contributed by atoms with Gasteiger partial charge in [-0.15, -0.1) is 11.8 Å². The lowest BCUT2D eigenvalue weighted by molar-refractivity contribution is 0.0697. The fourth-order valence-corrected chi connectivity index (χ4v) is 1.74. The average Bonchev–Trinajstić information content (AvgIpc) is 2.16. The molecule has 0 heterocycles. The van der Waals surface area contributed by atoms with Gasteiger partial charge in [0.1, 0.15) is 0 Å². The summed E-state index contributed by atoms with van der Waals surface area (Å²) in [6, 6.07) is 4.57. The molecule has 0 aromatic heterocycles. The number of Topliss-reactive ketones (excluding diaryl/α,β-unsaturated/α-hetero) is 1. The topological polar surface area (TPSA) is 54.4 Å². The van der Waals surface area contributed by atoms with Gasteiger partial charge in [-0.3, -0.25) is 4.79 Å². The molecule has 74 valence electrons. The van der Waals surface area contributed by atoms with Crippen molar-refractivity contribution < 1.29 is 14.7 Å². The first-order valence-electron chi connectivity index (χ1n) is 3.98. The van der Waals surface area contributed by atoms with Crippen molar-refractivity contribution in [3.05, 3.63) is 29.3 Å². The Bertz CT molecular complexity index is 385. The Morgan fingerprint density at radius 2 is 2.00 bits per heavy atom. The molecular weight excluding hydrogens is 200 g/mol. The summed E-state index contributed by atoms with van der Waals surface area (Å²) in [6.45, 7) is 1.43. The third kappa shape index (κ3) is 2.14. The normalized spacial score (nSPS) is 9.86. The van der Waals surface area contributed by atoms with E-state index in [2.05, 4.69) is 0 Å². The summed E-state index contributed by atoms with van der Waals surface area (Å²) < 4.78 is 0. The predicted molar refractivity (Wildman–Crippen MR) is 55.2 cm³/mol. The monoisotopic (exact) mass is 210 g/mol. The number of thioether (sulfide) groups is 1. The zero-order chi connectivity index (χ0) is 10.7. The van der Waals surface area contributed by atoms with Gasteiger partial charge in [-0.1, -0.05) is 0 Å². The van der Waals surface area contributed by atoms with E-state index in [9.17, 15) is 9.59 Å². The van der Waals surface area contributed by atoms with Gasteiger partial charge in [0.25, 0.3) is 0 Å². The first kappa shape index (κ1) is 10.8. The van der Waals surface area contributed by atoms with E-state index in [0.29, 0.717) is 5.56 Å². The van der Waals surface area contributed by atoms with Crippen molar-refractivity contribution in [3.63, 3.8) is 0 Å². The number of ketones is 1. The van der Waals surface area contributed by atoms with Gasteiger partial charge >= 0.3 is 5.97 Å². The molecule has 1 N–H and O–H groups in total. The molecule has 4 heteroatoms. The molecule has 0 saturated heterocycles. The molecule has 0 aliphatic heterocycles. The zero-order valence-corrected chi connectivity index (χ0v) is 8.72. The van der Waals surface area contributed by atoms with Crippen LogP contribution in [0, 0.1) is 0 Å². The van der Waals surface area contributed by atoms with Crippen molar-refractivity contribution in [2.24, 2.45) is 0 Å². The number of hydrogen-bond donors (Lipinski definition) is 1. The fraction of sp³-hybridized carbons (Fsp3) is 0.200. The molecule has 0 aliphatic rings. The summed E-state index contributed by atoms with van der Waals surface area (Å²) in [4.78, 5) is 22.7. The minimum atomic E-state index is -1.01. The second-order valence-electron chi connectivity index (χ2n) is 2.78. The number of carboxylic acid groups (broad SMARTS) is 1. The number of hydrogen-bond acceptors (Lipinski definition) is 3. The molecule has 0 bridgehead atoms. The third-order valence-corrected chi connectivity index (χ3v) is 2.62. The van der Waals surface area contributed by atoms with Crippen LogP contribution in [0.5, 0.6) is 0 Å². The largest absolute Gasteiger partial charge is 0.478 e. The third-order valence-electron chi connectivity index (χ3n) is 1.83. The molecule has 1 aromatic carbocycles. The van der Waals surface area contributed by atoms with Crippen LogP contribution in [-0.4, -0.2) is 23.1 Å². The summed E-state index contributed by atoms with van der Waals surface area (Å²) in [5, 5.41) is 8.74. The Labute approximate surface area is 86.1 Å². The van der Waals surface area contributed by atoms with Crippen LogP contribution in [0.2, 0.25) is 0 Å². The van der Waals surface area contributed by atoms with E-state index in [4.69, 9.17) is 5.11 Å². The Kier molecular flexibility index (Phi) is 3.30. The van der Waals surface area contributed by atoms with E-state index in [1.807, 2.05) is 6.26 Å². The predicted octanol–water partition coefficient (Wildman–Crippen LogP) is 2.31. The second-order valence-corrected chi connectivity index (χ2v) is 3.62. The molecule has 3 nitrogen and oxygen atoms in total. The average molecular weight is 210 g/mol. The zero-order valence-electron chi connectivity index (χ0n) is 7.90. The molecule has 0 aliphatic carbocycles. The smallest absolute Gasteiger partial charge is 0.335 e. The maximum atomic E-state index is 11.2. The Morgan fingerprint density at radius 3 is 2.43 bits per heavy atom. The SMILES string of the molecule is CSc1ccc(C(=O)O)cc1C(C)=O. The fourth-order valence-electron chi connectivity index (χ4n) is 1.12. The maximum absolute atomic E-state index is 11.2. The number of carboxylic acids is 1. The van der Waals surface area contributed by atoms with Gasteiger partial charge in [0.05, 0.1) is 5.56 Å². The molecule has 0 atom stereocenters. The highest BCUT2D eigenvalue weighted by Crippen LogP contribution is 2.22. The molecule has 1 aromatic rings. The maximum Gasteiger partial charge on any atom is 0.335 e. The molecule has 0 unspecified atom stereocenters. The summed E-state index contributed by atoms with van der Waals surface area (Å²) in [6.07, 6.45) is 1.85. The number of benzene rings is 1. The van der Waals surface area contributed by atoms with Crippen LogP contribution in [0.15, 0.2) is 23.1 Å². The Balaban J connectivity index is 3.27. The van der Waals surface area contributed by atoms with E-state index in [1.165, 1.54) is 30.8 Å². The van der Waals surface area contributed by atoms with Crippen LogP contribution in [-0.2, 0) is 0 Å². The van der Waals surface area contributed by atoms with Crippen molar-refractivity contribution in [1.82, 2.24) is 0 Å². The summed E-state index contributed by atoms with van der Waals surface area (Å²) in [5.74, 6) is -1.13. The van der Waals surface area contributed by atoms with Crippen molar-refractivity contribution in [3.8, 4) is 0 Å².